The fourth-order valence-corrected chi connectivity index (χ4v) is 1.43. The molecule has 3 N–H and O–H groups in total. The van der Waals surface area contributed by atoms with Gasteiger partial charge in [0.2, 0.25) is 0 Å². The van der Waals surface area contributed by atoms with Crippen molar-refractivity contribution in [1.29, 1.82) is 0 Å². The third-order valence-electron chi connectivity index (χ3n) is 2.30. The van der Waals surface area contributed by atoms with Crippen LogP contribution in [0.15, 0.2) is 18.5 Å². The highest BCUT2D eigenvalue weighted by Gasteiger charge is 2.04. The van der Waals surface area contributed by atoms with Crippen molar-refractivity contribution in [2.75, 3.05) is 13.1 Å². The average molecular weight is 221 g/mol. The van der Waals surface area contributed by atoms with Gasteiger partial charge in [-0.05, 0) is 37.9 Å². The van der Waals surface area contributed by atoms with Crippen LogP contribution in [-0.4, -0.2) is 24.0 Å². The van der Waals surface area contributed by atoms with Gasteiger partial charge in [0.1, 0.15) is 0 Å². The van der Waals surface area contributed by atoms with Gasteiger partial charge in [-0.25, -0.2) is 0 Å². The van der Waals surface area contributed by atoms with Crippen LogP contribution in [0, 0.1) is 6.92 Å². The Kier molecular flexibility index (Phi) is 5.50. The first kappa shape index (κ1) is 12.6. The molecule has 1 amide bonds. The van der Waals surface area contributed by atoms with Gasteiger partial charge < -0.3 is 11.1 Å². The summed E-state index contributed by atoms with van der Waals surface area (Å²) in [7, 11) is 0. The largest absolute Gasteiger partial charge is 0.352 e. The van der Waals surface area contributed by atoms with Crippen LogP contribution in [0.25, 0.3) is 0 Å². The Balaban J connectivity index is 2.30. The molecule has 0 unspecified atom stereocenters. The fourth-order valence-electron chi connectivity index (χ4n) is 1.43. The van der Waals surface area contributed by atoms with Gasteiger partial charge in [0.05, 0.1) is 5.56 Å². The lowest BCUT2D eigenvalue weighted by atomic mass is 10.2. The molecule has 0 atom stereocenters. The van der Waals surface area contributed by atoms with Crippen molar-refractivity contribution in [3.05, 3.63) is 29.6 Å². The van der Waals surface area contributed by atoms with Crippen molar-refractivity contribution in [3.63, 3.8) is 0 Å². The van der Waals surface area contributed by atoms with Gasteiger partial charge in [-0.15, -0.1) is 0 Å². The number of nitrogens with zero attached hydrogens (tertiary/aromatic N) is 1. The number of nitrogens with two attached hydrogens (primary N) is 1. The lowest BCUT2D eigenvalue weighted by molar-refractivity contribution is 0.0952. The van der Waals surface area contributed by atoms with Crippen molar-refractivity contribution in [2.24, 2.45) is 5.73 Å². The SMILES string of the molecule is Cc1cncc(C(=O)NCCCCCN)c1. The molecule has 0 fully saturated rings. The highest BCUT2D eigenvalue weighted by molar-refractivity contribution is 5.93. The monoisotopic (exact) mass is 221 g/mol. The van der Waals surface area contributed by atoms with E-state index < -0.39 is 0 Å². The van der Waals surface area contributed by atoms with Gasteiger partial charge in [0.25, 0.3) is 5.91 Å². The molecule has 4 heteroatoms. The number of amides is 1. The lowest BCUT2D eigenvalue weighted by Gasteiger charge is -2.05. The number of hydrogen-bond donors (Lipinski definition) is 2. The molecule has 0 saturated heterocycles. The summed E-state index contributed by atoms with van der Waals surface area (Å²) in [5.41, 5.74) is 7.00. The van der Waals surface area contributed by atoms with E-state index >= 15 is 0 Å². The number of rotatable bonds is 6. The van der Waals surface area contributed by atoms with Crippen LogP contribution in [-0.2, 0) is 0 Å². The number of carbonyl (C=O) groups is 1. The molecule has 1 aromatic heterocycles. The number of unbranched alkanes of at least 4 members (excludes halogenated alkanes) is 2. The quantitative estimate of drug-likeness (QED) is 0.710. The van der Waals surface area contributed by atoms with Gasteiger partial charge in [-0.3, -0.25) is 9.78 Å². The Morgan fingerprint density at radius 1 is 1.38 bits per heavy atom. The molecule has 0 aliphatic rings. The second-order valence-corrected chi connectivity index (χ2v) is 3.86. The Labute approximate surface area is 96.3 Å². The van der Waals surface area contributed by atoms with E-state index in [0.717, 1.165) is 31.4 Å². The number of aryl methyl sites for hydroxylation is 1. The molecule has 0 bridgehead atoms. The lowest BCUT2D eigenvalue weighted by Crippen LogP contribution is -2.24. The van der Waals surface area contributed by atoms with E-state index in [-0.39, 0.29) is 5.91 Å². The van der Waals surface area contributed by atoms with Gasteiger partial charge >= 0.3 is 0 Å². The highest BCUT2D eigenvalue weighted by Crippen LogP contribution is 2.01. The second kappa shape index (κ2) is 6.95. The van der Waals surface area contributed by atoms with E-state index in [1.807, 2.05) is 13.0 Å². The maximum atomic E-state index is 11.7. The molecule has 4 nitrogen and oxygen atoms in total. The van der Waals surface area contributed by atoms with E-state index in [9.17, 15) is 4.79 Å². The molecular formula is C12H19N3O. The molecule has 0 spiro atoms. The molecular weight excluding hydrogens is 202 g/mol. The summed E-state index contributed by atoms with van der Waals surface area (Å²) in [5.74, 6) is -0.0519. The number of pyridine rings is 1. The van der Waals surface area contributed by atoms with E-state index in [1.54, 1.807) is 12.4 Å². The van der Waals surface area contributed by atoms with Crippen molar-refractivity contribution in [2.45, 2.75) is 26.2 Å². The zero-order chi connectivity index (χ0) is 11.8. The summed E-state index contributed by atoms with van der Waals surface area (Å²) in [5, 5.41) is 2.87. The van der Waals surface area contributed by atoms with Crippen LogP contribution in [0.3, 0.4) is 0 Å². The van der Waals surface area contributed by atoms with E-state index in [1.165, 1.54) is 0 Å². The fraction of sp³-hybridized carbons (Fsp3) is 0.500. The molecule has 1 heterocycles. The standard InChI is InChI=1S/C12H19N3O/c1-10-7-11(9-14-8-10)12(16)15-6-4-2-3-5-13/h7-9H,2-6,13H2,1H3,(H,15,16). The smallest absolute Gasteiger partial charge is 0.252 e. The summed E-state index contributed by atoms with van der Waals surface area (Å²) in [6.07, 6.45) is 6.37. The second-order valence-electron chi connectivity index (χ2n) is 3.86. The van der Waals surface area contributed by atoms with Crippen LogP contribution in [0.5, 0.6) is 0 Å². The zero-order valence-corrected chi connectivity index (χ0v) is 9.70. The van der Waals surface area contributed by atoms with Crippen LogP contribution >= 0.6 is 0 Å². The van der Waals surface area contributed by atoms with Crippen LogP contribution in [0.2, 0.25) is 0 Å². The first-order valence-corrected chi connectivity index (χ1v) is 5.64. The van der Waals surface area contributed by atoms with Crippen LogP contribution in [0.4, 0.5) is 0 Å². The maximum absolute atomic E-state index is 11.7. The number of nitrogens with one attached hydrogen (secondary N) is 1. The first-order valence-electron chi connectivity index (χ1n) is 5.64. The molecule has 0 aromatic carbocycles. The molecule has 0 aliphatic carbocycles. The molecule has 1 aromatic rings. The Hall–Kier alpha value is -1.42. The molecule has 0 aliphatic heterocycles. The summed E-state index contributed by atoms with van der Waals surface area (Å²) in [6, 6.07) is 1.84. The highest BCUT2D eigenvalue weighted by atomic mass is 16.1. The molecule has 0 radical (unpaired) electrons. The topological polar surface area (TPSA) is 68.0 Å². The van der Waals surface area contributed by atoms with E-state index in [4.69, 9.17) is 5.73 Å². The normalized spacial score (nSPS) is 10.1. The van der Waals surface area contributed by atoms with E-state index in [2.05, 4.69) is 10.3 Å². The van der Waals surface area contributed by atoms with Gasteiger partial charge in [0, 0.05) is 18.9 Å². The summed E-state index contributed by atoms with van der Waals surface area (Å²) < 4.78 is 0. The summed E-state index contributed by atoms with van der Waals surface area (Å²) in [4.78, 5) is 15.6. The van der Waals surface area contributed by atoms with E-state index in [0.29, 0.717) is 12.1 Å². The third-order valence-corrected chi connectivity index (χ3v) is 2.30. The minimum Gasteiger partial charge on any atom is -0.352 e. The zero-order valence-electron chi connectivity index (χ0n) is 9.70. The van der Waals surface area contributed by atoms with Gasteiger partial charge in [-0.2, -0.15) is 0 Å². The van der Waals surface area contributed by atoms with Crippen molar-refractivity contribution in [3.8, 4) is 0 Å². The van der Waals surface area contributed by atoms with Crippen LogP contribution < -0.4 is 11.1 Å². The summed E-state index contributed by atoms with van der Waals surface area (Å²) in [6.45, 7) is 3.34. The number of aromatic nitrogens is 1. The van der Waals surface area contributed by atoms with Crippen molar-refractivity contribution in [1.82, 2.24) is 10.3 Å². The van der Waals surface area contributed by atoms with Crippen molar-refractivity contribution < 1.29 is 4.79 Å². The predicted molar refractivity (Wildman–Crippen MR) is 64.2 cm³/mol. The minimum atomic E-state index is -0.0519. The third kappa shape index (κ3) is 4.40. The number of carbonyl (C=O) groups excluding carboxylic acids is 1. The van der Waals surface area contributed by atoms with Gasteiger partial charge in [-0.1, -0.05) is 6.42 Å². The summed E-state index contributed by atoms with van der Waals surface area (Å²) >= 11 is 0. The molecule has 88 valence electrons. The molecule has 0 saturated carbocycles. The Bertz CT molecular complexity index is 339. The van der Waals surface area contributed by atoms with Crippen LogP contribution in [0.1, 0.15) is 35.2 Å². The first-order chi connectivity index (χ1) is 7.74. The maximum Gasteiger partial charge on any atom is 0.252 e. The minimum absolute atomic E-state index is 0.0519. The Morgan fingerprint density at radius 2 is 2.19 bits per heavy atom. The molecule has 16 heavy (non-hydrogen) atoms. The average Bonchev–Trinajstić information content (AvgIpc) is 2.28. The Morgan fingerprint density at radius 3 is 2.88 bits per heavy atom. The predicted octanol–water partition coefficient (Wildman–Crippen LogP) is 1.25. The van der Waals surface area contributed by atoms with Gasteiger partial charge in [0.15, 0.2) is 0 Å². The molecule has 1 rings (SSSR count). The van der Waals surface area contributed by atoms with Crippen molar-refractivity contribution >= 4 is 5.91 Å². The number of hydrogen-bond acceptors (Lipinski definition) is 3.